The zero-order valence-corrected chi connectivity index (χ0v) is 14.9. The number of hydrogen-bond donors (Lipinski definition) is 1. The highest BCUT2D eigenvalue weighted by molar-refractivity contribution is 7.92. The number of hydrogen-bond acceptors (Lipinski definition) is 5. The van der Waals surface area contributed by atoms with E-state index < -0.39 is 10.0 Å². The second kappa shape index (κ2) is 6.72. The van der Waals surface area contributed by atoms with Crippen LogP contribution in [0.3, 0.4) is 0 Å². The summed E-state index contributed by atoms with van der Waals surface area (Å²) in [6.45, 7) is 7.45. The number of halogens is 1. The number of anilines is 1. The van der Waals surface area contributed by atoms with Gasteiger partial charge in [0.05, 0.1) is 28.6 Å². The van der Waals surface area contributed by atoms with E-state index in [1.807, 2.05) is 6.92 Å². The van der Waals surface area contributed by atoms with Crippen LogP contribution in [0.15, 0.2) is 23.1 Å². The largest absolute Gasteiger partial charge is 0.464 e. The number of benzene rings is 1. The summed E-state index contributed by atoms with van der Waals surface area (Å²) in [6, 6.07) is 4.80. The number of nitrogens with zero attached hydrogens (tertiary/aromatic N) is 2. The molecule has 1 heterocycles. The van der Waals surface area contributed by atoms with Gasteiger partial charge in [-0.05, 0) is 45.4 Å². The van der Waals surface area contributed by atoms with Crippen LogP contribution < -0.4 is 9.46 Å². The highest BCUT2D eigenvalue weighted by atomic mass is 35.5. The van der Waals surface area contributed by atoms with Gasteiger partial charge in [0.1, 0.15) is 0 Å². The maximum Gasteiger partial charge on any atom is 0.316 e. The van der Waals surface area contributed by atoms with Crippen molar-refractivity contribution in [1.29, 1.82) is 0 Å². The zero-order valence-electron chi connectivity index (χ0n) is 13.3. The Morgan fingerprint density at radius 1 is 1.17 bits per heavy atom. The van der Waals surface area contributed by atoms with Crippen molar-refractivity contribution in [1.82, 2.24) is 9.97 Å². The molecular weight excluding hydrogens is 338 g/mol. The van der Waals surface area contributed by atoms with Gasteiger partial charge < -0.3 is 4.74 Å². The van der Waals surface area contributed by atoms with E-state index >= 15 is 0 Å². The van der Waals surface area contributed by atoms with Crippen LogP contribution in [0.2, 0.25) is 5.02 Å². The Morgan fingerprint density at radius 2 is 1.78 bits per heavy atom. The summed E-state index contributed by atoms with van der Waals surface area (Å²) in [5.74, 6) is 0. The fourth-order valence-electron chi connectivity index (χ4n) is 1.96. The molecule has 6 nitrogen and oxygen atoms in total. The lowest BCUT2D eigenvalue weighted by Crippen LogP contribution is -2.16. The van der Waals surface area contributed by atoms with Crippen LogP contribution in [0.25, 0.3) is 0 Å². The second-order valence-electron chi connectivity index (χ2n) is 5.00. The third kappa shape index (κ3) is 3.92. The lowest BCUT2D eigenvalue weighted by atomic mass is 10.2. The monoisotopic (exact) mass is 355 g/mol. The van der Waals surface area contributed by atoms with E-state index in [0.717, 1.165) is 5.56 Å². The van der Waals surface area contributed by atoms with Gasteiger partial charge in [0.2, 0.25) is 0 Å². The van der Waals surface area contributed by atoms with Gasteiger partial charge in [-0.15, -0.1) is 0 Å². The molecule has 0 amide bonds. The average molecular weight is 356 g/mol. The Bertz CT molecular complexity index is 815. The van der Waals surface area contributed by atoms with Crippen LogP contribution in [0.1, 0.15) is 23.9 Å². The molecule has 0 aliphatic rings. The minimum atomic E-state index is -3.78. The summed E-state index contributed by atoms with van der Waals surface area (Å²) in [5, 5.41) is 0.393. The molecule has 0 aliphatic carbocycles. The Hall–Kier alpha value is -1.86. The zero-order chi connectivity index (χ0) is 17.2. The number of nitrogens with one attached hydrogen (secondary N) is 1. The summed E-state index contributed by atoms with van der Waals surface area (Å²) < 4.78 is 32.8. The fourth-order valence-corrected chi connectivity index (χ4v) is 3.41. The van der Waals surface area contributed by atoms with Crippen molar-refractivity contribution in [3.8, 4) is 6.01 Å². The first-order valence-corrected chi connectivity index (χ1v) is 8.87. The fraction of sp³-hybridized carbons (Fsp3) is 0.333. The molecule has 0 saturated carbocycles. The molecule has 124 valence electrons. The number of rotatable bonds is 5. The molecule has 0 unspecified atom stereocenters. The second-order valence-corrected chi connectivity index (χ2v) is 7.09. The van der Waals surface area contributed by atoms with Crippen molar-refractivity contribution in [3.05, 3.63) is 40.2 Å². The first-order valence-electron chi connectivity index (χ1n) is 7.01. The lowest BCUT2D eigenvalue weighted by Gasteiger charge is -2.14. The highest BCUT2D eigenvalue weighted by Crippen LogP contribution is 2.25. The Labute approximate surface area is 140 Å². The van der Waals surface area contributed by atoms with Crippen LogP contribution in [-0.4, -0.2) is 25.0 Å². The van der Waals surface area contributed by atoms with Crippen LogP contribution >= 0.6 is 11.6 Å². The molecule has 0 spiro atoms. The minimum Gasteiger partial charge on any atom is -0.464 e. The third-order valence-corrected chi connectivity index (χ3v) is 4.97. The van der Waals surface area contributed by atoms with Gasteiger partial charge in [-0.3, -0.25) is 4.72 Å². The third-order valence-electron chi connectivity index (χ3n) is 3.21. The van der Waals surface area contributed by atoms with E-state index in [9.17, 15) is 8.42 Å². The van der Waals surface area contributed by atoms with Crippen molar-refractivity contribution in [2.45, 2.75) is 32.6 Å². The molecule has 23 heavy (non-hydrogen) atoms. The Balaban J connectivity index is 2.39. The first kappa shape index (κ1) is 17.5. The van der Waals surface area contributed by atoms with Gasteiger partial charge in [0.25, 0.3) is 10.0 Å². The van der Waals surface area contributed by atoms with Gasteiger partial charge in [-0.1, -0.05) is 17.7 Å². The molecule has 0 fully saturated rings. The first-order chi connectivity index (χ1) is 10.7. The van der Waals surface area contributed by atoms with Crippen molar-refractivity contribution in [2.75, 3.05) is 11.3 Å². The van der Waals surface area contributed by atoms with Gasteiger partial charge in [0.15, 0.2) is 0 Å². The van der Waals surface area contributed by atoms with Crippen molar-refractivity contribution in [2.24, 2.45) is 0 Å². The molecular formula is C15H18ClN3O3S. The molecule has 0 bridgehead atoms. The average Bonchev–Trinajstić information content (AvgIpc) is 2.46. The maximum absolute atomic E-state index is 12.5. The minimum absolute atomic E-state index is 0.0841. The Kier molecular flexibility index (Phi) is 5.11. The topological polar surface area (TPSA) is 81.2 Å². The van der Waals surface area contributed by atoms with E-state index in [1.54, 1.807) is 26.8 Å². The van der Waals surface area contributed by atoms with Crippen LogP contribution in [0.4, 0.5) is 5.69 Å². The van der Waals surface area contributed by atoms with Gasteiger partial charge in [0, 0.05) is 5.02 Å². The number of aromatic nitrogens is 2. The van der Waals surface area contributed by atoms with Gasteiger partial charge >= 0.3 is 6.01 Å². The van der Waals surface area contributed by atoms with E-state index in [0.29, 0.717) is 28.7 Å². The predicted molar refractivity (Wildman–Crippen MR) is 89.7 cm³/mol. The molecule has 0 saturated heterocycles. The van der Waals surface area contributed by atoms with Crippen LogP contribution in [0.5, 0.6) is 6.01 Å². The standard InChI is InChI=1S/C15H18ClN3O3S/c1-5-22-15-17-10(3)14(11(4)18-15)19-23(20,21)12-7-6-9(2)13(16)8-12/h6-8,19H,5H2,1-4H3. The molecule has 1 aromatic carbocycles. The van der Waals surface area contributed by atoms with Crippen molar-refractivity contribution >= 4 is 27.3 Å². The SMILES string of the molecule is CCOc1nc(C)c(NS(=O)(=O)c2ccc(C)c(Cl)c2)c(C)n1. The summed E-state index contributed by atoms with van der Waals surface area (Å²) in [7, 11) is -3.78. The molecule has 0 radical (unpaired) electrons. The number of ether oxygens (including phenoxy) is 1. The molecule has 2 rings (SSSR count). The van der Waals surface area contributed by atoms with E-state index in [4.69, 9.17) is 16.3 Å². The molecule has 8 heteroatoms. The van der Waals surface area contributed by atoms with Crippen LogP contribution in [0, 0.1) is 20.8 Å². The Morgan fingerprint density at radius 3 is 2.30 bits per heavy atom. The predicted octanol–water partition coefficient (Wildman–Crippen LogP) is 3.25. The quantitative estimate of drug-likeness (QED) is 0.890. The summed E-state index contributed by atoms with van der Waals surface area (Å²) in [5.41, 5.74) is 2.12. The highest BCUT2D eigenvalue weighted by Gasteiger charge is 2.19. The summed E-state index contributed by atoms with van der Waals surface area (Å²) in [6.07, 6.45) is 0. The number of sulfonamides is 1. The smallest absolute Gasteiger partial charge is 0.316 e. The molecule has 0 aliphatic heterocycles. The molecule has 1 N–H and O–H groups in total. The number of aryl methyl sites for hydroxylation is 3. The molecule has 1 aromatic heterocycles. The van der Waals surface area contributed by atoms with Crippen LogP contribution in [-0.2, 0) is 10.0 Å². The summed E-state index contributed by atoms with van der Waals surface area (Å²) in [4.78, 5) is 8.38. The van der Waals surface area contributed by atoms with E-state index in [-0.39, 0.29) is 10.9 Å². The van der Waals surface area contributed by atoms with E-state index in [1.165, 1.54) is 12.1 Å². The van der Waals surface area contributed by atoms with Crippen molar-refractivity contribution in [3.63, 3.8) is 0 Å². The maximum atomic E-state index is 12.5. The van der Waals surface area contributed by atoms with Gasteiger partial charge in [-0.25, -0.2) is 8.42 Å². The molecule has 2 aromatic rings. The van der Waals surface area contributed by atoms with E-state index in [2.05, 4.69) is 14.7 Å². The molecule has 0 atom stereocenters. The summed E-state index contributed by atoms with van der Waals surface area (Å²) >= 11 is 6.01. The van der Waals surface area contributed by atoms with Gasteiger partial charge in [-0.2, -0.15) is 9.97 Å². The lowest BCUT2D eigenvalue weighted by molar-refractivity contribution is 0.311. The van der Waals surface area contributed by atoms with Crippen molar-refractivity contribution < 1.29 is 13.2 Å². The normalized spacial score (nSPS) is 11.3.